The Bertz CT molecular complexity index is 792. The van der Waals surface area contributed by atoms with Gasteiger partial charge in [-0.05, 0) is 20.3 Å². The number of ketones is 1. The van der Waals surface area contributed by atoms with Crippen molar-refractivity contribution in [3.8, 4) is 0 Å². The molecule has 0 bridgehead atoms. The molecule has 0 radical (unpaired) electrons. The topological polar surface area (TPSA) is 280 Å². The number of hydrogen-bond donors (Lipinski definition) is 8. The van der Waals surface area contributed by atoms with Crippen LogP contribution in [-0.2, 0) is 37.4 Å². The van der Waals surface area contributed by atoms with E-state index < -0.39 is 88.7 Å². The summed E-state index contributed by atoms with van der Waals surface area (Å²) in [4.78, 5) is 82.3. The monoisotopic (exact) mass is 508 g/mol. The van der Waals surface area contributed by atoms with E-state index in [0.717, 1.165) is 13.8 Å². The molecule has 0 aromatic heterocycles. The van der Waals surface area contributed by atoms with Crippen molar-refractivity contribution in [1.29, 1.82) is 0 Å². The standard InChI is InChI=1S/C14H26N2O14P2/c1-6(29-31(23,24)25)8(14(21)22)5-10(17)9(3-4-11(18)19)16-13(20)12(15)7(2)30-32(26,27)28/h6-9,12H,3-5,15H2,1-2H3,(H,16,20)(H,18,19)(H,21,22)(H2,23,24,25)(H2,26,27,28). The van der Waals surface area contributed by atoms with Gasteiger partial charge >= 0.3 is 27.6 Å². The molecule has 5 atom stereocenters. The minimum Gasteiger partial charge on any atom is -0.481 e. The van der Waals surface area contributed by atoms with Crippen LogP contribution in [0.4, 0.5) is 0 Å². The third kappa shape index (κ3) is 12.3. The predicted octanol–water partition coefficient (Wildman–Crippen LogP) is -1.68. The third-order valence-electron chi connectivity index (χ3n) is 4.07. The lowest BCUT2D eigenvalue weighted by atomic mass is 9.92. The zero-order valence-corrected chi connectivity index (χ0v) is 18.7. The first-order valence-electron chi connectivity index (χ1n) is 8.85. The summed E-state index contributed by atoms with van der Waals surface area (Å²) in [6.45, 7) is 2.05. The number of hydrogen-bond acceptors (Lipinski definition) is 9. The fourth-order valence-electron chi connectivity index (χ4n) is 2.45. The minimum absolute atomic E-state index is 0.500. The maximum Gasteiger partial charge on any atom is 0.469 e. The molecule has 0 saturated heterocycles. The summed E-state index contributed by atoms with van der Waals surface area (Å²) < 4.78 is 30.4. The van der Waals surface area contributed by atoms with Crippen molar-refractivity contribution in [2.75, 3.05) is 0 Å². The Kier molecular flexibility index (Phi) is 11.8. The molecule has 1 amide bonds. The van der Waals surface area contributed by atoms with Gasteiger partial charge in [0, 0.05) is 12.8 Å². The Morgan fingerprint density at radius 2 is 1.41 bits per heavy atom. The summed E-state index contributed by atoms with van der Waals surface area (Å²) >= 11 is 0. The van der Waals surface area contributed by atoms with Gasteiger partial charge in [-0.3, -0.25) is 28.2 Å². The number of carbonyl (C=O) groups excluding carboxylic acids is 2. The minimum atomic E-state index is -5.09. The van der Waals surface area contributed by atoms with Crippen molar-refractivity contribution in [3.63, 3.8) is 0 Å². The highest BCUT2D eigenvalue weighted by Gasteiger charge is 2.36. The number of nitrogens with one attached hydrogen (secondary N) is 1. The lowest BCUT2D eigenvalue weighted by Gasteiger charge is -2.25. The molecule has 0 saturated carbocycles. The number of carbonyl (C=O) groups is 4. The first kappa shape index (κ1) is 30.3. The first-order chi connectivity index (χ1) is 14.3. The van der Waals surface area contributed by atoms with E-state index in [0.29, 0.717) is 0 Å². The van der Waals surface area contributed by atoms with Gasteiger partial charge in [0.15, 0.2) is 5.78 Å². The number of nitrogens with two attached hydrogens (primary N) is 1. The molecule has 9 N–H and O–H groups in total. The van der Waals surface area contributed by atoms with Gasteiger partial charge in [0.25, 0.3) is 0 Å². The van der Waals surface area contributed by atoms with E-state index >= 15 is 0 Å². The van der Waals surface area contributed by atoms with Crippen molar-refractivity contribution < 1.29 is 67.1 Å². The van der Waals surface area contributed by atoms with E-state index in [-0.39, 0.29) is 0 Å². The van der Waals surface area contributed by atoms with Gasteiger partial charge in [0.1, 0.15) is 6.04 Å². The molecule has 0 spiro atoms. The Balaban J connectivity index is 5.49. The summed E-state index contributed by atoms with van der Waals surface area (Å²) in [7, 11) is -10.1. The molecule has 0 fully saturated rings. The summed E-state index contributed by atoms with van der Waals surface area (Å²) in [6.07, 6.45) is -5.18. The van der Waals surface area contributed by atoms with Crippen LogP contribution < -0.4 is 11.1 Å². The van der Waals surface area contributed by atoms with Crippen LogP contribution in [0, 0.1) is 5.92 Å². The summed E-state index contributed by atoms with van der Waals surface area (Å²) in [5.74, 6) is -6.93. The maximum absolute atomic E-state index is 12.6. The number of phosphoric ester groups is 2. The molecular formula is C14H26N2O14P2. The normalized spacial score (nSPS) is 17.0. The van der Waals surface area contributed by atoms with Crippen LogP contribution in [0.3, 0.4) is 0 Å². The van der Waals surface area contributed by atoms with Crippen molar-refractivity contribution >= 4 is 39.3 Å². The number of amides is 1. The fourth-order valence-corrected chi connectivity index (χ4v) is 3.59. The molecule has 0 heterocycles. The molecule has 0 aliphatic carbocycles. The molecule has 5 unspecified atom stereocenters. The number of phosphoric acid groups is 2. The Morgan fingerprint density at radius 1 is 0.938 bits per heavy atom. The van der Waals surface area contributed by atoms with Crippen molar-refractivity contribution in [2.24, 2.45) is 11.7 Å². The van der Waals surface area contributed by atoms with Gasteiger partial charge in [-0.2, -0.15) is 0 Å². The lowest BCUT2D eigenvalue weighted by molar-refractivity contribution is -0.147. The van der Waals surface area contributed by atoms with Gasteiger partial charge in [0.05, 0.1) is 24.2 Å². The number of carboxylic acids is 2. The highest BCUT2D eigenvalue weighted by atomic mass is 31.2. The van der Waals surface area contributed by atoms with Crippen LogP contribution in [0.5, 0.6) is 0 Å². The lowest BCUT2D eigenvalue weighted by Crippen LogP contribution is -2.53. The van der Waals surface area contributed by atoms with E-state index in [4.69, 9.17) is 30.4 Å². The second-order valence-electron chi connectivity index (χ2n) is 6.74. The van der Waals surface area contributed by atoms with Crippen LogP contribution >= 0.6 is 15.6 Å². The summed E-state index contributed by atoms with van der Waals surface area (Å²) in [5.41, 5.74) is 5.53. The SMILES string of the molecule is CC(OP(=O)(O)O)C(N)C(=O)NC(CCC(=O)O)C(=O)CC(C(=O)O)C(C)OP(=O)(O)O. The van der Waals surface area contributed by atoms with Crippen molar-refractivity contribution in [1.82, 2.24) is 5.32 Å². The quantitative estimate of drug-likeness (QED) is 0.115. The third-order valence-corrected chi connectivity index (χ3v) is 5.29. The van der Waals surface area contributed by atoms with Crippen molar-refractivity contribution in [3.05, 3.63) is 0 Å². The first-order valence-corrected chi connectivity index (χ1v) is 11.9. The van der Waals surface area contributed by atoms with Gasteiger partial charge in [-0.1, -0.05) is 0 Å². The summed E-state index contributed by atoms with van der Waals surface area (Å²) in [5, 5.41) is 20.2. The average Bonchev–Trinajstić information content (AvgIpc) is 2.58. The molecule has 32 heavy (non-hydrogen) atoms. The molecule has 0 aliphatic rings. The van der Waals surface area contributed by atoms with Gasteiger partial charge in [-0.15, -0.1) is 0 Å². The van der Waals surface area contributed by atoms with E-state index in [1.165, 1.54) is 0 Å². The molecule has 18 heteroatoms. The number of Topliss-reactive ketones (excluding diaryl/α,β-unsaturated/α-hetero) is 1. The highest BCUT2D eigenvalue weighted by Crippen LogP contribution is 2.40. The predicted molar refractivity (Wildman–Crippen MR) is 103 cm³/mol. The number of carboxylic acid groups (broad SMARTS) is 2. The Morgan fingerprint density at radius 3 is 1.81 bits per heavy atom. The largest absolute Gasteiger partial charge is 0.481 e. The number of rotatable bonds is 15. The van der Waals surface area contributed by atoms with Crippen LogP contribution in [-0.4, -0.2) is 77.7 Å². The molecule has 16 nitrogen and oxygen atoms in total. The average molecular weight is 508 g/mol. The van der Waals surface area contributed by atoms with Crippen LogP contribution in [0.25, 0.3) is 0 Å². The number of aliphatic carboxylic acids is 2. The van der Waals surface area contributed by atoms with Gasteiger partial charge in [0.2, 0.25) is 5.91 Å². The van der Waals surface area contributed by atoms with Gasteiger partial charge < -0.3 is 40.8 Å². The zero-order valence-electron chi connectivity index (χ0n) is 16.9. The van der Waals surface area contributed by atoms with E-state index in [9.17, 15) is 33.4 Å². The maximum atomic E-state index is 12.6. The highest BCUT2D eigenvalue weighted by molar-refractivity contribution is 7.46. The molecule has 186 valence electrons. The van der Waals surface area contributed by atoms with E-state index in [1.54, 1.807) is 0 Å². The van der Waals surface area contributed by atoms with Gasteiger partial charge in [-0.25, -0.2) is 9.13 Å². The smallest absolute Gasteiger partial charge is 0.469 e. The van der Waals surface area contributed by atoms with E-state index in [1.807, 2.05) is 0 Å². The molecule has 0 aromatic rings. The molecule has 0 aliphatic heterocycles. The van der Waals surface area contributed by atoms with E-state index in [2.05, 4.69) is 14.4 Å². The van der Waals surface area contributed by atoms with Crippen LogP contribution in [0.15, 0.2) is 0 Å². The molecule has 0 rings (SSSR count). The zero-order chi connectivity index (χ0) is 25.4. The second kappa shape index (κ2) is 12.5. The summed E-state index contributed by atoms with van der Waals surface area (Å²) in [6, 6.07) is -3.29. The van der Waals surface area contributed by atoms with Crippen molar-refractivity contribution in [2.45, 2.75) is 57.4 Å². The Labute approximate surface area is 181 Å². The second-order valence-corrected chi connectivity index (χ2v) is 9.12. The Hall–Kier alpha value is -1.74. The van der Waals surface area contributed by atoms with Crippen LogP contribution in [0.1, 0.15) is 33.1 Å². The fraction of sp³-hybridized carbons (Fsp3) is 0.714. The molecule has 0 aromatic carbocycles. The molecular weight excluding hydrogens is 482 g/mol. The van der Waals surface area contributed by atoms with Crippen LogP contribution in [0.2, 0.25) is 0 Å².